The Balaban J connectivity index is 1.51. The van der Waals surface area contributed by atoms with Crippen LogP contribution in [0.1, 0.15) is 21.5 Å². The Morgan fingerprint density at radius 2 is 1.56 bits per heavy atom. The van der Waals surface area contributed by atoms with Gasteiger partial charge in [0.15, 0.2) is 0 Å². The number of anilines is 2. The van der Waals surface area contributed by atoms with Crippen molar-refractivity contribution in [2.45, 2.75) is 13.0 Å². The summed E-state index contributed by atoms with van der Waals surface area (Å²) in [6.45, 7) is 1.33. The van der Waals surface area contributed by atoms with Crippen LogP contribution in [-0.4, -0.2) is 27.8 Å². The third-order valence-electron chi connectivity index (χ3n) is 3.68. The molecule has 6 nitrogen and oxygen atoms in total. The second-order valence-corrected chi connectivity index (χ2v) is 5.51. The van der Waals surface area contributed by atoms with Gasteiger partial charge in [0.2, 0.25) is 11.9 Å². The highest BCUT2D eigenvalue weighted by Crippen LogP contribution is 2.07. The van der Waals surface area contributed by atoms with Gasteiger partial charge in [0, 0.05) is 18.7 Å². The normalized spacial score (nSPS) is 10.2. The van der Waals surface area contributed by atoms with E-state index < -0.39 is 0 Å². The zero-order valence-electron chi connectivity index (χ0n) is 13.7. The molecule has 0 aliphatic heterocycles. The molecule has 6 heteroatoms. The average Bonchev–Trinajstić information content (AvgIpc) is 2.68. The fourth-order valence-corrected chi connectivity index (χ4v) is 2.33. The maximum atomic E-state index is 10.7. The van der Waals surface area contributed by atoms with Crippen LogP contribution < -0.4 is 10.6 Å². The quantitative estimate of drug-likeness (QED) is 0.617. The third kappa shape index (κ3) is 5.10. The van der Waals surface area contributed by atoms with Gasteiger partial charge in [-0.05, 0) is 17.5 Å². The van der Waals surface area contributed by atoms with Gasteiger partial charge in [-0.2, -0.15) is 4.98 Å². The molecule has 0 radical (unpaired) electrons. The van der Waals surface area contributed by atoms with Crippen LogP contribution in [0, 0.1) is 0 Å². The summed E-state index contributed by atoms with van der Waals surface area (Å²) in [5.74, 6) is 1.06. The van der Waals surface area contributed by atoms with Crippen molar-refractivity contribution in [3.8, 4) is 0 Å². The molecule has 1 aromatic heterocycles. The Morgan fingerprint density at radius 1 is 0.840 bits per heavy atom. The number of carbonyl (C=O) groups is 1. The summed E-state index contributed by atoms with van der Waals surface area (Å²) in [7, 11) is 0. The first-order valence-electron chi connectivity index (χ1n) is 8.08. The predicted octanol–water partition coefficient (Wildman–Crippen LogP) is 2.95. The van der Waals surface area contributed by atoms with Gasteiger partial charge in [-0.3, -0.25) is 4.79 Å². The molecule has 0 unspecified atom stereocenters. The van der Waals surface area contributed by atoms with Gasteiger partial charge in [-0.15, -0.1) is 0 Å². The molecule has 0 fully saturated rings. The van der Waals surface area contributed by atoms with Crippen molar-refractivity contribution in [3.63, 3.8) is 0 Å². The monoisotopic (exact) mass is 333 g/mol. The molecule has 0 aliphatic carbocycles. The van der Waals surface area contributed by atoms with Crippen LogP contribution >= 0.6 is 0 Å². The van der Waals surface area contributed by atoms with E-state index in [4.69, 9.17) is 0 Å². The Bertz CT molecular complexity index is 806. The average molecular weight is 333 g/mol. The van der Waals surface area contributed by atoms with Crippen LogP contribution in [-0.2, 0) is 13.0 Å². The number of hydrogen-bond donors (Lipinski definition) is 2. The van der Waals surface area contributed by atoms with Crippen molar-refractivity contribution in [1.82, 2.24) is 15.0 Å². The van der Waals surface area contributed by atoms with Crippen LogP contribution in [0.15, 0.2) is 60.9 Å². The summed E-state index contributed by atoms with van der Waals surface area (Å²) in [4.78, 5) is 23.3. The lowest BCUT2D eigenvalue weighted by Crippen LogP contribution is -2.10. The lowest BCUT2D eigenvalue weighted by atomic mass is 10.1. The number of carbonyl (C=O) groups excluding carboxylic acids is 1. The van der Waals surface area contributed by atoms with E-state index >= 15 is 0 Å². The Morgan fingerprint density at radius 3 is 2.28 bits per heavy atom. The minimum atomic E-state index is 0.511. The van der Waals surface area contributed by atoms with E-state index in [2.05, 4.69) is 37.7 Å². The first kappa shape index (κ1) is 16.6. The van der Waals surface area contributed by atoms with Crippen LogP contribution in [0.3, 0.4) is 0 Å². The first-order chi connectivity index (χ1) is 12.3. The molecule has 0 aliphatic rings. The SMILES string of the molecule is O=Cc1ccc(CNc2ncnc(NCCc3ccccc3)n2)cc1. The second kappa shape index (κ2) is 8.54. The predicted molar refractivity (Wildman–Crippen MR) is 97.6 cm³/mol. The number of aldehydes is 1. The van der Waals surface area contributed by atoms with Gasteiger partial charge < -0.3 is 10.6 Å². The molecule has 0 spiro atoms. The molecule has 126 valence electrons. The molecule has 2 N–H and O–H groups in total. The van der Waals surface area contributed by atoms with Crippen molar-refractivity contribution < 1.29 is 4.79 Å². The molecule has 1 heterocycles. The summed E-state index contributed by atoms with van der Waals surface area (Å²) in [5.41, 5.74) is 2.97. The van der Waals surface area contributed by atoms with Gasteiger partial charge in [0.25, 0.3) is 0 Å². The Labute approximate surface area is 146 Å². The lowest BCUT2D eigenvalue weighted by molar-refractivity contribution is 0.112. The largest absolute Gasteiger partial charge is 0.354 e. The smallest absolute Gasteiger partial charge is 0.227 e. The van der Waals surface area contributed by atoms with E-state index in [0.29, 0.717) is 24.0 Å². The van der Waals surface area contributed by atoms with E-state index in [1.54, 1.807) is 12.1 Å². The fraction of sp³-hybridized carbons (Fsp3) is 0.158. The van der Waals surface area contributed by atoms with E-state index in [1.807, 2.05) is 30.3 Å². The minimum Gasteiger partial charge on any atom is -0.354 e. The number of hydrogen-bond acceptors (Lipinski definition) is 6. The van der Waals surface area contributed by atoms with Crippen molar-refractivity contribution >= 4 is 18.2 Å². The highest BCUT2D eigenvalue weighted by atomic mass is 16.1. The minimum absolute atomic E-state index is 0.511. The second-order valence-electron chi connectivity index (χ2n) is 5.51. The molecular formula is C19H19N5O. The van der Waals surface area contributed by atoms with Gasteiger partial charge in [-0.1, -0.05) is 54.6 Å². The first-order valence-corrected chi connectivity index (χ1v) is 8.08. The van der Waals surface area contributed by atoms with Crippen molar-refractivity contribution in [2.24, 2.45) is 0 Å². The summed E-state index contributed by atoms with van der Waals surface area (Å²) >= 11 is 0. The standard InChI is InChI=1S/C19H19N5O/c25-13-17-8-6-16(7-9-17)12-21-19-23-14-22-18(24-19)20-11-10-15-4-2-1-3-5-15/h1-9,13-14H,10-12H2,(H2,20,21,22,23,24). The summed E-state index contributed by atoms with van der Waals surface area (Å²) < 4.78 is 0. The molecule has 0 amide bonds. The lowest BCUT2D eigenvalue weighted by Gasteiger charge is -2.08. The van der Waals surface area contributed by atoms with E-state index in [-0.39, 0.29) is 0 Å². The van der Waals surface area contributed by atoms with Gasteiger partial charge in [0.1, 0.15) is 12.6 Å². The molecule has 2 aromatic carbocycles. The molecule has 3 aromatic rings. The molecule has 25 heavy (non-hydrogen) atoms. The number of aromatic nitrogens is 3. The number of nitrogens with one attached hydrogen (secondary N) is 2. The Hall–Kier alpha value is -3.28. The Kier molecular flexibility index (Phi) is 5.66. The maximum absolute atomic E-state index is 10.7. The van der Waals surface area contributed by atoms with Gasteiger partial charge in [0.05, 0.1) is 0 Å². The van der Waals surface area contributed by atoms with Gasteiger partial charge >= 0.3 is 0 Å². The molecule has 3 rings (SSSR count). The molecule has 0 saturated carbocycles. The molecule has 0 saturated heterocycles. The summed E-state index contributed by atoms with van der Waals surface area (Å²) in [6, 6.07) is 17.6. The van der Waals surface area contributed by atoms with Crippen LogP contribution in [0.5, 0.6) is 0 Å². The van der Waals surface area contributed by atoms with Gasteiger partial charge in [-0.25, -0.2) is 9.97 Å². The van der Waals surface area contributed by atoms with E-state index in [9.17, 15) is 4.79 Å². The summed E-state index contributed by atoms with van der Waals surface area (Å²) in [5, 5.41) is 6.36. The topological polar surface area (TPSA) is 79.8 Å². The molecule has 0 bridgehead atoms. The van der Waals surface area contributed by atoms with Crippen molar-refractivity contribution in [1.29, 1.82) is 0 Å². The molecular weight excluding hydrogens is 314 g/mol. The third-order valence-corrected chi connectivity index (χ3v) is 3.68. The van der Waals surface area contributed by atoms with Crippen molar-refractivity contribution in [2.75, 3.05) is 17.2 Å². The van der Waals surface area contributed by atoms with Crippen LogP contribution in [0.4, 0.5) is 11.9 Å². The highest BCUT2D eigenvalue weighted by molar-refractivity contribution is 5.74. The highest BCUT2D eigenvalue weighted by Gasteiger charge is 2.01. The number of benzene rings is 2. The van der Waals surface area contributed by atoms with Crippen LogP contribution in [0.25, 0.3) is 0 Å². The number of nitrogens with zero attached hydrogens (tertiary/aromatic N) is 3. The van der Waals surface area contributed by atoms with Crippen LogP contribution in [0.2, 0.25) is 0 Å². The maximum Gasteiger partial charge on any atom is 0.227 e. The fourth-order valence-electron chi connectivity index (χ4n) is 2.33. The van der Waals surface area contributed by atoms with Crippen molar-refractivity contribution in [3.05, 3.63) is 77.6 Å². The van der Waals surface area contributed by atoms with E-state index in [0.717, 1.165) is 24.8 Å². The summed E-state index contributed by atoms with van der Waals surface area (Å²) in [6.07, 6.45) is 3.21. The zero-order chi connectivity index (χ0) is 17.3. The zero-order valence-corrected chi connectivity index (χ0v) is 13.7. The number of rotatable bonds is 8. The van der Waals surface area contributed by atoms with E-state index in [1.165, 1.54) is 11.9 Å². The molecule has 0 atom stereocenters.